The Bertz CT molecular complexity index is 367. The maximum absolute atomic E-state index is 5.70. The molecule has 1 rings (SSSR count). The molecule has 1 aromatic carbocycles. The van der Waals surface area contributed by atoms with E-state index in [1.54, 1.807) is 0 Å². The average Bonchev–Trinajstić information content (AvgIpc) is 2.36. The largest absolute Gasteiger partial charge is 0.375 e. The van der Waals surface area contributed by atoms with Gasteiger partial charge in [0.1, 0.15) is 0 Å². The third-order valence-electron chi connectivity index (χ3n) is 3.47. The van der Waals surface area contributed by atoms with Crippen LogP contribution in [0.2, 0.25) is 0 Å². The van der Waals surface area contributed by atoms with Gasteiger partial charge in [-0.05, 0) is 44.7 Å². The van der Waals surface area contributed by atoms with Crippen molar-refractivity contribution in [2.75, 3.05) is 13.2 Å². The molecule has 1 unspecified atom stereocenters. The quantitative estimate of drug-likeness (QED) is 0.793. The molecule has 1 N–H and O–H groups in total. The topological polar surface area (TPSA) is 21.3 Å². The molecule has 0 fully saturated rings. The van der Waals surface area contributed by atoms with Crippen molar-refractivity contribution in [3.8, 4) is 0 Å². The highest BCUT2D eigenvalue weighted by molar-refractivity contribution is 5.26. The second-order valence-electron chi connectivity index (χ2n) is 6.12. The Morgan fingerprint density at radius 3 is 2.05 bits per heavy atom. The summed E-state index contributed by atoms with van der Waals surface area (Å²) in [6.07, 6.45) is 0. The van der Waals surface area contributed by atoms with E-state index in [0.717, 1.165) is 13.2 Å². The zero-order chi connectivity index (χ0) is 14.5. The smallest absolute Gasteiger partial charge is 0.0750 e. The molecule has 0 aliphatic carbocycles. The molecular formula is C17H29NO. The molecule has 0 bridgehead atoms. The van der Waals surface area contributed by atoms with Crippen molar-refractivity contribution in [2.45, 2.75) is 59.1 Å². The van der Waals surface area contributed by atoms with E-state index in [9.17, 15) is 0 Å². The summed E-state index contributed by atoms with van der Waals surface area (Å²) >= 11 is 0. The molecule has 0 aliphatic heterocycles. The van der Waals surface area contributed by atoms with Crippen LogP contribution in [-0.4, -0.2) is 18.8 Å². The van der Waals surface area contributed by atoms with Crippen molar-refractivity contribution >= 4 is 0 Å². The number of benzene rings is 1. The minimum atomic E-state index is -0.110. The third kappa shape index (κ3) is 5.33. The van der Waals surface area contributed by atoms with Gasteiger partial charge in [0.25, 0.3) is 0 Å². The molecule has 19 heavy (non-hydrogen) atoms. The first kappa shape index (κ1) is 16.2. The van der Waals surface area contributed by atoms with Gasteiger partial charge in [-0.15, -0.1) is 0 Å². The average molecular weight is 263 g/mol. The van der Waals surface area contributed by atoms with Crippen LogP contribution < -0.4 is 5.32 Å². The number of nitrogens with one attached hydrogen (secondary N) is 1. The monoisotopic (exact) mass is 263 g/mol. The summed E-state index contributed by atoms with van der Waals surface area (Å²) in [4.78, 5) is 0. The second-order valence-corrected chi connectivity index (χ2v) is 6.12. The molecule has 0 saturated heterocycles. The van der Waals surface area contributed by atoms with Crippen LogP contribution >= 0.6 is 0 Å². The first-order chi connectivity index (χ1) is 8.85. The van der Waals surface area contributed by atoms with Crippen molar-refractivity contribution < 1.29 is 4.74 Å². The zero-order valence-electron chi connectivity index (χ0n) is 13.3. The van der Waals surface area contributed by atoms with Gasteiger partial charge in [-0.25, -0.2) is 0 Å². The van der Waals surface area contributed by atoms with Gasteiger partial charge in [-0.3, -0.25) is 0 Å². The van der Waals surface area contributed by atoms with Crippen molar-refractivity contribution in [1.82, 2.24) is 5.32 Å². The summed E-state index contributed by atoms with van der Waals surface area (Å²) in [5.74, 6) is 0.592. The van der Waals surface area contributed by atoms with E-state index in [1.807, 2.05) is 6.92 Å². The molecule has 2 nitrogen and oxygen atoms in total. The molecule has 1 aromatic rings. The van der Waals surface area contributed by atoms with Gasteiger partial charge in [-0.2, -0.15) is 0 Å². The van der Waals surface area contributed by atoms with Gasteiger partial charge in [0.15, 0.2) is 0 Å². The van der Waals surface area contributed by atoms with Crippen LogP contribution in [0.5, 0.6) is 0 Å². The van der Waals surface area contributed by atoms with E-state index in [0.29, 0.717) is 12.0 Å². The van der Waals surface area contributed by atoms with E-state index in [4.69, 9.17) is 4.74 Å². The summed E-state index contributed by atoms with van der Waals surface area (Å²) in [6, 6.07) is 9.25. The molecule has 0 aliphatic rings. The third-order valence-corrected chi connectivity index (χ3v) is 3.47. The number of hydrogen-bond acceptors (Lipinski definition) is 2. The van der Waals surface area contributed by atoms with Crippen molar-refractivity contribution in [3.05, 3.63) is 35.4 Å². The Kier molecular flexibility index (Phi) is 6.02. The van der Waals surface area contributed by atoms with Gasteiger partial charge in [0.05, 0.1) is 5.60 Å². The fraction of sp³-hybridized carbons (Fsp3) is 0.647. The Morgan fingerprint density at radius 1 is 1.05 bits per heavy atom. The van der Waals surface area contributed by atoms with Gasteiger partial charge in [-0.1, -0.05) is 38.1 Å². The molecule has 0 amide bonds. The fourth-order valence-corrected chi connectivity index (χ4v) is 2.13. The lowest BCUT2D eigenvalue weighted by Crippen LogP contribution is -2.38. The van der Waals surface area contributed by atoms with E-state index in [-0.39, 0.29) is 5.60 Å². The molecule has 0 heterocycles. The summed E-state index contributed by atoms with van der Waals surface area (Å²) in [7, 11) is 0. The van der Waals surface area contributed by atoms with Gasteiger partial charge >= 0.3 is 0 Å². The van der Waals surface area contributed by atoms with Crippen LogP contribution in [0.4, 0.5) is 0 Å². The number of rotatable bonds is 7. The molecule has 2 heteroatoms. The molecule has 108 valence electrons. The molecule has 0 radical (unpaired) electrons. The summed E-state index contributed by atoms with van der Waals surface area (Å²) in [6.45, 7) is 14.5. The summed E-state index contributed by atoms with van der Waals surface area (Å²) < 4.78 is 5.70. The van der Waals surface area contributed by atoms with E-state index < -0.39 is 0 Å². The highest BCUT2D eigenvalue weighted by atomic mass is 16.5. The number of ether oxygens (including phenoxy) is 1. The van der Waals surface area contributed by atoms with Crippen LogP contribution in [-0.2, 0) is 4.74 Å². The zero-order valence-corrected chi connectivity index (χ0v) is 13.3. The highest BCUT2D eigenvalue weighted by Gasteiger charge is 2.18. The Labute approximate surface area is 118 Å². The van der Waals surface area contributed by atoms with E-state index in [2.05, 4.69) is 64.2 Å². The van der Waals surface area contributed by atoms with Crippen molar-refractivity contribution in [3.63, 3.8) is 0 Å². The van der Waals surface area contributed by atoms with Crippen molar-refractivity contribution in [2.24, 2.45) is 0 Å². The van der Waals surface area contributed by atoms with Crippen LogP contribution in [0.1, 0.15) is 64.6 Å². The van der Waals surface area contributed by atoms with E-state index in [1.165, 1.54) is 11.1 Å². The van der Waals surface area contributed by atoms with Crippen molar-refractivity contribution in [1.29, 1.82) is 0 Å². The van der Waals surface area contributed by atoms with Crippen LogP contribution in [0.15, 0.2) is 24.3 Å². The van der Waals surface area contributed by atoms with Gasteiger partial charge in [0, 0.05) is 19.2 Å². The minimum absolute atomic E-state index is 0.110. The number of hydrogen-bond donors (Lipinski definition) is 1. The first-order valence-corrected chi connectivity index (χ1v) is 7.33. The Balaban J connectivity index is 2.56. The lowest BCUT2D eigenvalue weighted by Gasteiger charge is -2.27. The molecule has 0 saturated carbocycles. The van der Waals surface area contributed by atoms with Gasteiger partial charge < -0.3 is 10.1 Å². The minimum Gasteiger partial charge on any atom is -0.375 e. The Morgan fingerprint density at radius 2 is 1.58 bits per heavy atom. The predicted molar refractivity (Wildman–Crippen MR) is 82.7 cm³/mol. The van der Waals surface area contributed by atoms with Gasteiger partial charge in [0.2, 0.25) is 0 Å². The summed E-state index contributed by atoms with van der Waals surface area (Å²) in [5.41, 5.74) is 2.61. The SMILES string of the molecule is CCOC(C)(C)CNC(C)c1ccc(C(C)C)cc1. The van der Waals surface area contributed by atoms with E-state index >= 15 is 0 Å². The molecule has 0 spiro atoms. The highest BCUT2D eigenvalue weighted by Crippen LogP contribution is 2.19. The maximum atomic E-state index is 5.70. The lowest BCUT2D eigenvalue weighted by atomic mass is 9.99. The first-order valence-electron chi connectivity index (χ1n) is 7.33. The molecule has 1 atom stereocenters. The fourth-order valence-electron chi connectivity index (χ4n) is 2.13. The molecular weight excluding hydrogens is 234 g/mol. The predicted octanol–water partition coefficient (Wildman–Crippen LogP) is 4.28. The Hall–Kier alpha value is -0.860. The standard InChI is InChI=1S/C17H29NO/c1-7-19-17(5,6)12-18-14(4)16-10-8-15(9-11-16)13(2)3/h8-11,13-14,18H,7,12H2,1-6H3. The maximum Gasteiger partial charge on any atom is 0.0750 e. The van der Waals surface area contributed by atoms with Crippen LogP contribution in [0, 0.1) is 0 Å². The normalized spacial score (nSPS) is 13.8. The summed E-state index contributed by atoms with van der Waals surface area (Å²) in [5, 5.41) is 3.55. The van der Waals surface area contributed by atoms with Crippen LogP contribution in [0.25, 0.3) is 0 Å². The second kappa shape index (κ2) is 7.06. The molecule has 0 aromatic heterocycles. The lowest BCUT2D eigenvalue weighted by molar-refractivity contribution is -0.0103. The van der Waals surface area contributed by atoms with Crippen LogP contribution in [0.3, 0.4) is 0 Å².